The maximum Gasteiger partial charge on any atom is 0.127 e. The Balaban J connectivity index is 1.37. The van der Waals surface area contributed by atoms with Crippen molar-refractivity contribution in [1.82, 2.24) is 0 Å². The molecule has 2 aromatic rings. The maximum atomic E-state index is 5.40. The number of benzene rings is 2. The fourth-order valence-corrected chi connectivity index (χ4v) is 6.28. The zero-order valence-corrected chi connectivity index (χ0v) is 15.5. The van der Waals surface area contributed by atoms with Crippen LogP contribution in [0.4, 0.5) is 5.69 Å². The molecule has 0 unspecified atom stereocenters. The van der Waals surface area contributed by atoms with E-state index in [-0.39, 0.29) is 0 Å². The van der Waals surface area contributed by atoms with Crippen LogP contribution in [-0.4, -0.2) is 13.3 Å². The van der Waals surface area contributed by atoms with E-state index in [1.54, 1.807) is 12.7 Å². The summed E-state index contributed by atoms with van der Waals surface area (Å²) in [6, 6.07) is 17.1. The molecule has 134 valence electrons. The third-order valence-electron chi connectivity index (χ3n) is 7.01. The summed E-state index contributed by atoms with van der Waals surface area (Å²) in [5.41, 5.74) is 4.07. The van der Waals surface area contributed by atoms with Crippen molar-refractivity contribution in [3.63, 3.8) is 0 Å². The van der Waals surface area contributed by atoms with Gasteiger partial charge in [0.15, 0.2) is 0 Å². The number of ether oxygens (including phenoxy) is 1. The Hall–Kier alpha value is -2.09. The first-order valence-electron chi connectivity index (χ1n) is 10.0. The van der Waals surface area contributed by atoms with Gasteiger partial charge < -0.3 is 4.74 Å². The van der Waals surface area contributed by atoms with Crippen molar-refractivity contribution in [2.75, 3.05) is 7.11 Å². The molecular weight excluding hydrogens is 318 g/mol. The van der Waals surface area contributed by atoms with Crippen LogP contribution in [0.15, 0.2) is 53.5 Å². The summed E-state index contributed by atoms with van der Waals surface area (Å²) in [6.07, 6.45) is 10.7. The van der Waals surface area contributed by atoms with Gasteiger partial charge in [-0.1, -0.05) is 24.3 Å². The molecule has 4 fully saturated rings. The molecule has 0 saturated heterocycles. The molecule has 0 amide bonds. The summed E-state index contributed by atoms with van der Waals surface area (Å²) < 4.78 is 5.40. The van der Waals surface area contributed by atoms with Gasteiger partial charge in [0.1, 0.15) is 5.75 Å². The van der Waals surface area contributed by atoms with Crippen LogP contribution >= 0.6 is 0 Å². The molecule has 6 rings (SSSR count). The first-order valence-corrected chi connectivity index (χ1v) is 10.0. The summed E-state index contributed by atoms with van der Waals surface area (Å²) in [4.78, 5) is 4.67. The molecule has 2 nitrogen and oxygen atoms in total. The molecule has 0 spiro atoms. The minimum absolute atomic E-state index is 0.472. The zero-order valence-electron chi connectivity index (χ0n) is 15.5. The van der Waals surface area contributed by atoms with Crippen LogP contribution in [0.2, 0.25) is 0 Å². The van der Waals surface area contributed by atoms with Crippen molar-refractivity contribution in [2.24, 2.45) is 22.7 Å². The standard InChI is InChI=1S/C24H27NO/c1-26-23-5-3-2-4-20(23)16-25-22-8-6-21(7-9-22)24-13-17-10-18(14-24)12-19(11-17)15-24/h2-9,16-19H,10-15H2,1H3. The van der Waals surface area contributed by atoms with Gasteiger partial charge in [0.25, 0.3) is 0 Å². The molecule has 0 aliphatic heterocycles. The summed E-state index contributed by atoms with van der Waals surface area (Å²) in [7, 11) is 1.70. The zero-order chi connectivity index (χ0) is 17.6. The van der Waals surface area contributed by atoms with E-state index in [0.717, 1.165) is 34.8 Å². The van der Waals surface area contributed by atoms with Crippen molar-refractivity contribution >= 4 is 11.9 Å². The van der Waals surface area contributed by atoms with Crippen LogP contribution in [0, 0.1) is 17.8 Å². The molecule has 0 N–H and O–H groups in total. The summed E-state index contributed by atoms with van der Waals surface area (Å²) in [6.45, 7) is 0. The quantitative estimate of drug-likeness (QED) is 0.631. The topological polar surface area (TPSA) is 21.6 Å². The number of hydrogen-bond acceptors (Lipinski definition) is 2. The van der Waals surface area contributed by atoms with Gasteiger partial charge in [0, 0.05) is 11.8 Å². The van der Waals surface area contributed by atoms with E-state index in [1.807, 2.05) is 30.5 Å². The Morgan fingerprint density at radius 3 is 2.12 bits per heavy atom. The smallest absolute Gasteiger partial charge is 0.127 e. The maximum absolute atomic E-state index is 5.40. The van der Waals surface area contributed by atoms with Crippen LogP contribution in [0.25, 0.3) is 0 Å². The predicted octanol–water partition coefficient (Wildman–Crippen LogP) is 5.91. The van der Waals surface area contributed by atoms with Crippen LogP contribution in [0.5, 0.6) is 5.75 Å². The highest BCUT2D eigenvalue weighted by Gasteiger charge is 2.51. The van der Waals surface area contributed by atoms with Gasteiger partial charge in [-0.15, -0.1) is 0 Å². The Bertz CT molecular complexity index is 785. The van der Waals surface area contributed by atoms with Gasteiger partial charge in [-0.05, 0) is 91.5 Å². The Kier molecular flexibility index (Phi) is 3.88. The third kappa shape index (κ3) is 2.76. The van der Waals surface area contributed by atoms with Gasteiger partial charge in [-0.2, -0.15) is 0 Å². The Morgan fingerprint density at radius 1 is 0.885 bits per heavy atom. The second kappa shape index (κ2) is 6.26. The summed E-state index contributed by atoms with van der Waals surface area (Å²) >= 11 is 0. The van der Waals surface area contributed by atoms with E-state index < -0.39 is 0 Å². The number of nitrogens with zero attached hydrogens (tertiary/aromatic N) is 1. The second-order valence-corrected chi connectivity index (χ2v) is 8.74. The second-order valence-electron chi connectivity index (χ2n) is 8.74. The highest BCUT2D eigenvalue weighted by molar-refractivity contribution is 5.85. The molecule has 0 atom stereocenters. The average Bonchev–Trinajstić information content (AvgIpc) is 2.66. The lowest BCUT2D eigenvalue weighted by molar-refractivity contribution is -0.00518. The average molecular weight is 345 g/mol. The molecule has 4 bridgehead atoms. The number of aliphatic imine (C=N–C) groups is 1. The van der Waals surface area contributed by atoms with E-state index in [0.29, 0.717) is 5.41 Å². The van der Waals surface area contributed by atoms with Crippen LogP contribution < -0.4 is 4.74 Å². The minimum atomic E-state index is 0.472. The molecule has 2 heteroatoms. The normalized spacial score (nSPS) is 32.3. The van der Waals surface area contributed by atoms with Gasteiger partial charge in [0.2, 0.25) is 0 Å². The molecule has 4 saturated carbocycles. The monoisotopic (exact) mass is 345 g/mol. The molecule has 0 heterocycles. The SMILES string of the molecule is COc1ccccc1C=Nc1ccc(C23CC4CC(CC(C4)C2)C3)cc1. The lowest BCUT2D eigenvalue weighted by Gasteiger charge is -2.57. The van der Waals surface area contributed by atoms with Gasteiger partial charge >= 0.3 is 0 Å². The summed E-state index contributed by atoms with van der Waals surface area (Å²) in [5, 5.41) is 0. The lowest BCUT2D eigenvalue weighted by atomic mass is 9.48. The molecule has 0 aromatic heterocycles. The van der Waals surface area contributed by atoms with Gasteiger partial charge in [0.05, 0.1) is 12.8 Å². The van der Waals surface area contributed by atoms with Crippen molar-refractivity contribution in [3.05, 3.63) is 59.7 Å². The predicted molar refractivity (Wildman–Crippen MR) is 107 cm³/mol. The Labute approximate surface area is 156 Å². The van der Waals surface area contributed by atoms with Crippen LogP contribution in [0.1, 0.15) is 49.7 Å². The van der Waals surface area contributed by atoms with Crippen LogP contribution in [0.3, 0.4) is 0 Å². The highest BCUT2D eigenvalue weighted by atomic mass is 16.5. The van der Waals surface area contributed by atoms with Crippen molar-refractivity contribution in [3.8, 4) is 5.75 Å². The Morgan fingerprint density at radius 2 is 1.50 bits per heavy atom. The number of para-hydroxylation sites is 1. The van der Waals surface area contributed by atoms with Crippen molar-refractivity contribution < 1.29 is 4.74 Å². The van der Waals surface area contributed by atoms with E-state index in [4.69, 9.17) is 4.74 Å². The molecule has 2 aromatic carbocycles. The first kappa shape index (κ1) is 16.1. The van der Waals surface area contributed by atoms with Crippen molar-refractivity contribution in [1.29, 1.82) is 0 Å². The van der Waals surface area contributed by atoms with Gasteiger partial charge in [-0.25, -0.2) is 0 Å². The first-order chi connectivity index (χ1) is 12.7. The van der Waals surface area contributed by atoms with E-state index in [1.165, 1.54) is 38.5 Å². The molecule has 4 aliphatic rings. The molecule has 26 heavy (non-hydrogen) atoms. The van der Waals surface area contributed by atoms with E-state index in [9.17, 15) is 0 Å². The highest BCUT2D eigenvalue weighted by Crippen LogP contribution is 2.60. The largest absolute Gasteiger partial charge is 0.496 e. The van der Waals surface area contributed by atoms with E-state index >= 15 is 0 Å². The molecular formula is C24H27NO. The number of rotatable bonds is 4. The van der Waals surface area contributed by atoms with Crippen LogP contribution in [-0.2, 0) is 5.41 Å². The third-order valence-corrected chi connectivity index (χ3v) is 7.01. The summed E-state index contributed by atoms with van der Waals surface area (Å²) in [5.74, 6) is 3.83. The number of methoxy groups -OCH3 is 1. The molecule has 4 aliphatic carbocycles. The number of hydrogen-bond donors (Lipinski definition) is 0. The minimum Gasteiger partial charge on any atom is -0.496 e. The fraction of sp³-hybridized carbons (Fsp3) is 0.458. The van der Waals surface area contributed by atoms with Crippen molar-refractivity contribution in [2.45, 2.75) is 43.9 Å². The fourth-order valence-electron chi connectivity index (χ4n) is 6.28. The van der Waals surface area contributed by atoms with E-state index in [2.05, 4.69) is 29.3 Å². The van der Waals surface area contributed by atoms with Gasteiger partial charge in [-0.3, -0.25) is 4.99 Å². The molecule has 0 radical (unpaired) electrons. The lowest BCUT2D eigenvalue weighted by Crippen LogP contribution is -2.48.